The van der Waals surface area contributed by atoms with Crippen LogP contribution in [0.3, 0.4) is 0 Å². The van der Waals surface area contributed by atoms with Crippen LogP contribution in [0.15, 0.2) is 12.1 Å². The fraction of sp³-hybridized carbons (Fsp3) is 0.273. The molecule has 108 valence electrons. The van der Waals surface area contributed by atoms with Gasteiger partial charge in [-0.3, -0.25) is 14.9 Å². The molecule has 1 unspecified atom stereocenters. The number of nitrogens with zero attached hydrogens (tertiary/aromatic N) is 1. The fourth-order valence-electron chi connectivity index (χ4n) is 1.42. The van der Waals surface area contributed by atoms with Crippen molar-refractivity contribution in [2.75, 3.05) is 0 Å². The van der Waals surface area contributed by atoms with E-state index in [1.54, 1.807) is 6.92 Å². The Hall–Kier alpha value is -1.86. The summed E-state index contributed by atoms with van der Waals surface area (Å²) in [6.07, 6.45) is 0.154. The van der Waals surface area contributed by atoms with Gasteiger partial charge in [0.2, 0.25) is 0 Å². The second kappa shape index (κ2) is 6.53. The highest BCUT2D eigenvalue weighted by Crippen LogP contribution is 2.30. The van der Waals surface area contributed by atoms with Gasteiger partial charge in [0.15, 0.2) is 0 Å². The molecule has 2 N–H and O–H groups in total. The molecule has 0 heterocycles. The number of benzene rings is 1. The Morgan fingerprint density at radius 1 is 1.45 bits per heavy atom. The van der Waals surface area contributed by atoms with E-state index in [2.05, 4.69) is 5.32 Å². The lowest BCUT2D eigenvalue weighted by molar-refractivity contribution is -0.384. The Balaban J connectivity index is 3.15. The molecule has 0 radical (unpaired) electrons. The highest BCUT2D eigenvalue weighted by atomic mass is 35.5. The number of hydrogen-bond acceptors (Lipinski definition) is 4. The zero-order chi connectivity index (χ0) is 15.4. The number of aliphatic carboxylic acids is 1. The number of hydrogen-bond donors (Lipinski definition) is 2. The van der Waals surface area contributed by atoms with Gasteiger partial charge in [0, 0.05) is 12.1 Å². The van der Waals surface area contributed by atoms with E-state index in [0.29, 0.717) is 0 Å². The number of nitro groups is 1. The van der Waals surface area contributed by atoms with E-state index < -0.39 is 28.5 Å². The highest BCUT2D eigenvalue weighted by molar-refractivity contribution is 6.44. The summed E-state index contributed by atoms with van der Waals surface area (Å²) in [6, 6.07) is 0.837. The molecule has 1 aromatic rings. The predicted molar refractivity (Wildman–Crippen MR) is 72.3 cm³/mol. The van der Waals surface area contributed by atoms with Crippen molar-refractivity contribution in [2.45, 2.75) is 19.4 Å². The molecule has 1 rings (SSSR count). The summed E-state index contributed by atoms with van der Waals surface area (Å²) in [7, 11) is 0. The van der Waals surface area contributed by atoms with Crippen LogP contribution < -0.4 is 5.32 Å². The van der Waals surface area contributed by atoms with E-state index in [9.17, 15) is 19.7 Å². The Bertz CT molecular complexity index is 576. The molecule has 0 aliphatic rings. The summed E-state index contributed by atoms with van der Waals surface area (Å²) in [5.74, 6) is -2.05. The topological polar surface area (TPSA) is 110 Å². The molecule has 0 aromatic heterocycles. The van der Waals surface area contributed by atoms with E-state index in [1.165, 1.54) is 0 Å². The van der Waals surface area contributed by atoms with Gasteiger partial charge in [-0.25, -0.2) is 4.79 Å². The number of carboxylic acids is 1. The number of carbonyl (C=O) groups excluding carboxylic acids is 1. The Morgan fingerprint density at radius 2 is 2.05 bits per heavy atom. The molecule has 0 aliphatic carbocycles. The number of halogens is 2. The van der Waals surface area contributed by atoms with Crippen LogP contribution in [-0.4, -0.2) is 27.9 Å². The van der Waals surface area contributed by atoms with Gasteiger partial charge < -0.3 is 10.4 Å². The van der Waals surface area contributed by atoms with E-state index in [1.807, 2.05) is 0 Å². The van der Waals surface area contributed by atoms with Crippen molar-refractivity contribution in [3.63, 3.8) is 0 Å². The maximum Gasteiger partial charge on any atom is 0.326 e. The first-order valence-corrected chi connectivity index (χ1v) is 6.20. The average molecular weight is 321 g/mol. The van der Waals surface area contributed by atoms with Crippen LogP contribution in [0.5, 0.6) is 0 Å². The van der Waals surface area contributed by atoms with Crippen molar-refractivity contribution in [1.29, 1.82) is 0 Å². The summed E-state index contributed by atoms with van der Waals surface area (Å²) in [5.41, 5.74) is -0.654. The van der Waals surface area contributed by atoms with Crippen molar-refractivity contribution in [1.82, 2.24) is 5.32 Å². The number of nitro benzene ring substituents is 1. The zero-order valence-corrected chi connectivity index (χ0v) is 11.7. The largest absolute Gasteiger partial charge is 0.480 e. The summed E-state index contributed by atoms with van der Waals surface area (Å²) in [6.45, 7) is 1.57. The summed E-state index contributed by atoms with van der Waals surface area (Å²) < 4.78 is 0. The first-order chi connectivity index (χ1) is 9.27. The maximum atomic E-state index is 11.9. The van der Waals surface area contributed by atoms with Gasteiger partial charge in [-0.15, -0.1) is 0 Å². The molecule has 1 amide bonds. The molecule has 20 heavy (non-hydrogen) atoms. The summed E-state index contributed by atoms with van der Waals surface area (Å²) in [4.78, 5) is 32.7. The second-order valence-corrected chi connectivity index (χ2v) is 4.60. The van der Waals surface area contributed by atoms with Crippen LogP contribution in [0.1, 0.15) is 23.7 Å². The number of nitrogens with one attached hydrogen (secondary N) is 1. The van der Waals surface area contributed by atoms with Gasteiger partial charge in [0.25, 0.3) is 11.6 Å². The molecule has 1 atom stereocenters. The van der Waals surface area contributed by atoms with Crippen LogP contribution in [0.4, 0.5) is 5.69 Å². The van der Waals surface area contributed by atoms with Crippen LogP contribution >= 0.6 is 23.2 Å². The zero-order valence-electron chi connectivity index (χ0n) is 10.2. The van der Waals surface area contributed by atoms with Crippen molar-refractivity contribution in [3.05, 3.63) is 37.9 Å². The van der Waals surface area contributed by atoms with Gasteiger partial charge in [-0.1, -0.05) is 30.1 Å². The molecule has 0 saturated heterocycles. The first-order valence-electron chi connectivity index (χ1n) is 5.45. The predicted octanol–water partition coefficient (Wildman–Crippen LogP) is 2.49. The number of carboxylic acid groups (broad SMARTS) is 1. The minimum absolute atomic E-state index is 0.154. The maximum absolute atomic E-state index is 11.9. The monoisotopic (exact) mass is 320 g/mol. The molecular formula is C11H10Cl2N2O5. The molecule has 7 nitrogen and oxygen atoms in total. The lowest BCUT2D eigenvalue weighted by atomic mass is 10.1. The quantitative estimate of drug-likeness (QED) is 0.639. The smallest absolute Gasteiger partial charge is 0.326 e. The van der Waals surface area contributed by atoms with E-state index >= 15 is 0 Å². The van der Waals surface area contributed by atoms with Crippen LogP contribution in [0.25, 0.3) is 0 Å². The standard InChI is InChI=1S/C11H10Cl2N2O5/c1-2-8(11(17)18)14-10(16)6-3-5(15(19)20)4-7(12)9(6)13/h3-4,8H,2H2,1H3,(H,14,16)(H,17,18). The molecule has 0 fully saturated rings. The van der Waals surface area contributed by atoms with Crippen LogP contribution in [0.2, 0.25) is 10.0 Å². The lowest BCUT2D eigenvalue weighted by Gasteiger charge is -2.13. The third kappa shape index (κ3) is 3.58. The minimum Gasteiger partial charge on any atom is -0.480 e. The average Bonchev–Trinajstić information content (AvgIpc) is 2.37. The van der Waals surface area contributed by atoms with Gasteiger partial charge in [-0.05, 0) is 6.42 Å². The number of non-ortho nitro benzene ring substituents is 1. The lowest BCUT2D eigenvalue weighted by Crippen LogP contribution is -2.40. The van der Waals surface area contributed by atoms with E-state index in [0.717, 1.165) is 12.1 Å². The van der Waals surface area contributed by atoms with Crippen molar-refractivity contribution in [3.8, 4) is 0 Å². The van der Waals surface area contributed by atoms with E-state index in [4.69, 9.17) is 28.3 Å². The van der Waals surface area contributed by atoms with Crippen molar-refractivity contribution >= 4 is 40.8 Å². The molecule has 0 spiro atoms. The normalized spacial score (nSPS) is 11.8. The summed E-state index contributed by atoms with van der Waals surface area (Å²) in [5, 5.41) is 21.4. The first kappa shape index (κ1) is 16.2. The number of amides is 1. The number of rotatable bonds is 5. The third-order valence-electron chi connectivity index (χ3n) is 2.48. The Labute approximate surface area is 123 Å². The fourth-order valence-corrected chi connectivity index (χ4v) is 1.83. The van der Waals surface area contributed by atoms with Gasteiger partial charge in [-0.2, -0.15) is 0 Å². The number of carbonyl (C=O) groups is 2. The molecule has 0 bridgehead atoms. The third-order valence-corrected chi connectivity index (χ3v) is 3.28. The second-order valence-electron chi connectivity index (χ2n) is 3.82. The summed E-state index contributed by atoms with van der Waals surface area (Å²) >= 11 is 11.5. The molecule has 0 aliphatic heterocycles. The molecule has 1 aromatic carbocycles. The Morgan fingerprint density at radius 3 is 2.50 bits per heavy atom. The minimum atomic E-state index is -1.21. The highest BCUT2D eigenvalue weighted by Gasteiger charge is 2.23. The van der Waals surface area contributed by atoms with Gasteiger partial charge >= 0.3 is 5.97 Å². The molecular weight excluding hydrogens is 311 g/mol. The van der Waals surface area contributed by atoms with Gasteiger partial charge in [0.05, 0.1) is 20.5 Å². The van der Waals surface area contributed by atoms with Crippen molar-refractivity contribution in [2.24, 2.45) is 0 Å². The van der Waals surface area contributed by atoms with E-state index in [-0.39, 0.29) is 22.0 Å². The van der Waals surface area contributed by atoms with Gasteiger partial charge in [0.1, 0.15) is 6.04 Å². The Kier molecular flexibility index (Phi) is 5.29. The SMILES string of the molecule is CCC(NC(=O)c1cc([N+](=O)[O-])cc(Cl)c1Cl)C(=O)O. The van der Waals surface area contributed by atoms with Crippen LogP contribution in [-0.2, 0) is 4.79 Å². The molecule has 9 heteroatoms. The van der Waals surface area contributed by atoms with Crippen LogP contribution in [0, 0.1) is 10.1 Å². The molecule has 0 saturated carbocycles. The van der Waals surface area contributed by atoms with Crippen molar-refractivity contribution < 1.29 is 19.6 Å².